The molecule has 2 N–H and O–H groups in total. The summed E-state index contributed by atoms with van der Waals surface area (Å²) in [7, 11) is 0. The average molecular weight is 318 g/mol. The quantitative estimate of drug-likeness (QED) is 0.927. The second-order valence-electron chi connectivity index (χ2n) is 4.59. The predicted octanol–water partition coefficient (Wildman–Crippen LogP) is 3.20. The molecule has 1 aromatic rings. The van der Waals surface area contributed by atoms with Gasteiger partial charge < -0.3 is 5.73 Å². The summed E-state index contributed by atoms with van der Waals surface area (Å²) in [6.45, 7) is 2.99. The third-order valence-corrected chi connectivity index (χ3v) is 5.07. The number of hydrogen-bond acceptors (Lipinski definition) is 3. The Morgan fingerprint density at radius 1 is 1.59 bits per heavy atom. The first-order chi connectivity index (χ1) is 8.22. The standard InChI is InChI=1S/C12H20BrN3S/c1-2-16-12(10(13)8-15-16)11(14)7-9-3-5-17-6-4-9/h8-9,11H,2-7,14H2,1H3. The van der Waals surface area contributed by atoms with Gasteiger partial charge in [-0.1, -0.05) is 0 Å². The van der Waals surface area contributed by atoms with Gasteiger partial charge in [-0.15, -0.1) is 0 Å². The molecule has 17 heavy (non-hydrogen) atoms. The third kappa shape index (κ3) is 3.26. The molecule has 1 unspecified atom stereocenters. The first-order valence-electron chi connectivity index (χ1n) is 6.27. The summed E-state index contributed by atoms with van der Waals surface area (Å²) in [5.74, 6) is 3.38. The highest BCUT2D eigenvalue weighted by Gasteiger charge is 2.21. The van der Waals surface area contributed by atoms with Crippen LogP contribution in [0.4, 0.5) is 0 Å². The van der Waals surface area contributed by atoms with Gasteiger partial charge in [0.25, 0.3) is 0 Å². The highest BCUT2D eigenvalue weighted by atomic mass is 79.9. The Balaban J connectivity index is 2.02. The Labute approximate surface area is 116 Å². The van der Waals surface area contributed by atoms with Gasteiger partial charge in [-0.3, -0.25) is 4.68 Å². The van der Waals surface area contributed by atoms with E-state index in [2.05, 4.69) is 39.7 Å². The molecule has 0 spiro atoms. The smallest absolute Gasteiger partial charge is 0.0693 e. The first kappa shape index (κ1) is 13.4. The predicted molar refractivity (Wildman–Crippen MR) is 77.2 cm³/mol. The van der Waals surface area contributed by atoms with Crippen LogP contribution in [0, 0.1) is 5.92 Å². The van der Waals surface area contributed by atoms with Crippen molar-refractivity contribution in [1.82, 2.24) is 9.78 Å². The molecule has 2 heterocycles. The van der Waals surface area contributed by atoms with Crippen LogP contribution in [0.1, 0.15) is 37.9 Å². The number of thioether (sulfide) groups is 1. The second kappa shape index (κ2) is 6.25. The van der Waals surface area contributed by atoms with Gasteiger partial charge in [-0.05, 0) is 59.5 Å². The minimum absolute atomic E-state index is 0.111. The molecule has 0 aliphatic carbocycles. The summed E-state index contributed by atoms with van der Waals surface area (Å²) in [6, 6.07) is 0.111. The van der Waals surface area contributed by atoms with E-state index >= 15 is 0 Å². The summed E-state index contributed by atoms with van der Waals surface area (Å²) in [6.07, 6.45) is 5.58. The van der Waals surface area contributed by atoms with E-state index < -0.39 is 0 Å². The lowest BCUT2D eigenvalue weighted by Gasteiger charge is -2.24. The molecule has 1 saturated heterocycles. The van der Waals surface area contributed by atoms with Crippen molar-refractivity contribution in [2.45, 2.75) is 38.8 Å². The van der Waals surface area contributed by atoms with Crippen molar-refractivity contribution >= 4 is 27.7 Å². The van der Waals surface area contributed by atoms with Crippen LogP contribution in [0.15, 0.2) is 10.7 Å². The van der Waals surface area contributed by atoms with Crippen molar-refractivity contribution < 1.29 is 0 Å². The molecule has 0 aromatic carbocycles. The minimum Gasteiger partial charge on any atom is -0.323 e. The Kier molecular flexibility index (Phi) is 4.94. The summed E-state index contributed by atoms with van der Waals surface area (Å²) < 4.78 is 3.06. The van der Waals surface area contributed by atoms with Crippen LogP contribution in [0.3, 0.4) is 0 Å². The molecule has 1 atom stereocenters. The van der Waals surface area contributed by atoms with E-state index in [1.54, 1.807) is 0 Å². The topological polar surface area (TPSA) is 43.8 Å². The number of nitrogens with zero attached hydrogens (tertiary/aromatic N) is 2. The SMILES string of the molecule is CCn1ncc(Br)c1C(N)CC1CCSCC1. The van der Waals surface area contributed by atoms with E-state index in [1.165, 1.54) is 24.3 Å². The van der Waals surface area contributed by atoms with Gasteiger partial charge in [-0.25, -0.2) is 0 Å². The summed E-state index contributed by atoms with van der Waals surface area (Å²) >= 11 is 5.62. The number of halogens is 1. The van der Waals surface area contributed by atoms with Gasteiger partial charge in [0.2, 0.25) is 0 Å². The fraction of sp³-hybridized carbons (Fsp3) is 0.750. The van der Waals surface area contributed by atoms with E-state index in [0.29, 0.717) is 0 Å². The normalized spacial score (nSPS) is 19.5. The molecule has 1 fully saturated rings. The van der Waals surface area contributed by atoms with Gasteiger partial charge in [0, 0.05) is 12.6 Å². The van der Waals surface area contributed by atoms with Crippen molar-refractivity contribution in [2.75, 3.05) is 11.5 Å². The maximum absolute atomic E-state index is 6.35. The van der Waals surface area contributed by atoms with Crippen LogP contribution in [-0.2, 0) is 6.54 Å². The van der Waals surface area contributed by atoms with E-state index in [0.717, 1.165) is 29.1 Å². The molecule has 3 nitrogen and oxygen atoms in total. The molecule has 2 rings (SSSR count). The van der Waals surface area contributed by atoms with Crippen molar-refractivity contribution in [1.29, 1.82) is 0 Å². The molecule has 0 saturated carbocycles. The van der Waals surface area contributed by atoms with Gasteiger partial charge >= 0.3 is 0 Å². The molecular weight excluding hydrogens is 298 g/mol. The maximum Gasteiger partial charge on any atom is 0.0693 e. The van der Waals surface area contributed by atoms with Crippen LogP contribution in [0.2, 0.25) is 0 Å². The third-order valence-electron chi connectivity index (χ3n) is 3.41. The number of aromatic nitrogens is 2. The van der Waals surface area contributed by atoms with Gasteiger partial charge in [0.05, 0.1) is 16.4 Å². The Morgan fingerprint density at radius 3 is 2.94 bits per heavy atom. The number of aryl methyl sites for hydroxylation is 1. The van der Waals surface area contributed by atoms with Crippen LogP contribution in [0.5, 0.6) is 0 Å². The number of hydrogen-bond donors (Lipinski definition) is 1. The largest absolute Gasteiger partial charge is 0.323 e. The molecule has 1 aromatic heterocycles. The van der Waals surface area contributed by atoms with E-state index in [9.17, 15) is 0 Å². The van der Waals surface area contributed by atoms with E-state index in [-0.39, 0.29) is 6.04 Å². The number of nitrogens with two attached hydrogens (primary N) is 1. The van der Waals surface area contributed by atoms with Crippen molar-refractivity contribution in [3.8, 4) is 0 Å². The lowest BCUT2D eigenvalue weighted by Crippen LogP contribution is -2.21. The summed E-state index contributed by atoms with van der Waals surface area (Å²) in [5, 5.41) is 4.33. The van der Waals surface area contributed by atoms with Crippen LogP contribution < -0.4 is 5.73 Å². The minimum atomic E-state index is 0.111. The van der Waals surface area contributed by atoms with Gasteiger partial charge in [-0.2, -0.15) is 16.9 Å². The molecule has 96 valence electrons. The van der Waals surface area contributed by atoms with Crippen LogP contribution in [-0.4, -0.2) is 21.3 Å². The zero-order valence-corrected chi connectivity index (χ0v) is 12.6. The van der Waals surface area contributed by atoms with Crippen LogP contribution >= 0.6 is 27.7 Å². The second-order valence-corrected chi connectivity index (χ2v) is 6.67. The van der Waals surface area contributed by atoms with Crippen molar-refractivity contribution in [2.24, 2.45) is 11.7 Å². The molecule has 0 bridgehead atoms. The Morgan fingerprint density at radius 2 is 2.29 bits per heavy atom. The molecule has 0 radical (unpaired) electrons. The lowest BCUT2D eigenvalue weighted by molar-refractivity contribution is 0.398. The molecule has 1 aliphatic rings. The maximum atomic E-state index is 6.35. The van der Waals surface area contributed by atoms with E-state index in [4.69, 9.17) is 5.73 Å². The summed E-state index contributed by atoms with van der Waals surface area (Å²) in [5.41, 5.74) is 7.51. The monoisotopic (exact) mass is 317 g/mol. The highest BCUT2D eigenvalue weighted by Crippen LogP contribution is 2.32. The lowest BCUT2D eigenvalue weighted by atomic mass is 9.93. The Bertz CT molecular complexity index is 361. The average Bonchev–Trinajstić information content (AvgIpc) is 2.71. The molecule has 1 aliphatic heterocycles. The molecule has 5 heteroatoms. The van der Waals surface area contributed by atoms with Gasteiger partial charge in [0.15, 0.2) is 0 Å². The fourth-order valence-electron chi connectivity index (χ4n) is 2.45. The zero-order valence-electron chi connectivity index (χ0n) is 10.2. The fourth-order valence-corrected chi connectivity index (χ4v) is 4.24. The Hall–Kier alpha value is -0.0000000000000000555. The number of rotatable bonds is 4. The molecular formula is C12H20BrN3S. The van der Waals surface area contributed by atoms with Crippen LogP contribution in [0.25, 0.3) is 0 Å². The van der Waals surface area contributed by atoms with Gasteiger partial charge in [0.1, 0.15) is 0 Å². The van der Waals surface area contributed by atoms with Crippen molar-refractivity contribution in [3.63, 3.8) is 0 Å². The highest BCUT2D eigenvalue weighted by molar-refractivity contribution is 9.10. The molecule has 0 amide bonds. The zero-order chi connectivity index (χ0) is 12.3. The first-order valence-corrected chi connectivity index (χ1v) is 8.21. The van der Waals surface area contributed by atoms with Crippen molar-refractivity contribution in [3.05, 3.63) is 16.4 Å². The van der Waals surface area contributed by atoms with E-state index in [1.807, 2.05) is 10.9 Å². The summed E-state index contributed by atoms with van der Waals surface area (Å²) in [4.78, 5) is 0.